The number of ether oxygens (including phenoxy) is 2. The fraction of sp³-hybridized carbons (Fsp3) is 0.368. The molecule has 2 aromatic heterocycles. The highest BCUT2D eigenvalue weighted by Gasteiger charge is 2.32. The molecular weight excluding hydrogens is 302 g/mol. The lowest BCUT2D eigenvalue weighted by atomic mass is 9.88. The van der Waals surface area contributed by atoms with Crippen LogP contribution in [-0.2, 0) is 4.74 Å². The van der Waals surface area contributed by atoms with Gasteiger partial charge in [0.25, 0.3) is 0 Å². The first-order chi connectivity index (χ1) is 11.5. The van der Waals surface area contributed by atoms with Gasteiger partial charge < -0.3 is 14.5 Å². The molecule has 0 spiro atoms. The molecule has 1 atom stereocenters. The van der Waals surface area contributed by atoms with E-state index in [2.05, 4.69) is 30.7 Å². The lowest BCUT2D eigenvalue weighted by Gasteiger charge is -2.21. The third-order valence-electron chi connectivity index (χ3n) is 4.58. The summed E-state index contributed by atoms with van der Waals surface area (Å²) in [6.07, 6.45) is 1.81. The van der Waals surface area contributed by atoms with Gasteiger partial charge in [0.05, 0.1) is 18.7 Å². The van der Waals surface area contributed by atoms with Gasteiger partial charge >= 0.3 is 0 Å². The van der Waals surface area contributed by atoms with Crippen LogP contribution < -0.4 is 4.74 Å². The normalized spacial score (nSPS) is 18.0. The maximum atomic E-state index is 5.87. The molecule has 3 heterocycles. The highest BCUT2D eigenvalue weighted by atomic mass is 16.5. The van der Waals surface area contributed by atoms with Crippen molar-refractivity contribution in [3.63, 3.8) is 0 Å². The van der Waals surface area contributed by atoms with Crippen LogP contribution in [0.4, 0.5) is 0 Å². The van der Waals surface area contributed by atoms with Crippen LogP contribution in [0, 0.1) is 5.41 Å². The number of aromatic amines is 1. The molecule has 0 saturated carbocycles. The molecule has 1 aliphatic heterocycles. The molecule has 1 aromatic carbocycles. The summed E-state index contributed by atoms with van der Waals surface area (Å²) < 4.78 is 11.2. The highest BCUT2D eigenvalue weighted by molar-refractivity contribution is 6.14. The summed E-state index contributed by atoms with van der Waals surface area (Å²) in [4.78, 5) is 12.7. The molecule has 24 heavy (non-hydrogen) atoms. The zero-order chi connectivity index (χ0) is 16.9. The van der Waals surface area contributed by atoms with Crippen LogP contribution in [0.1, 0.15) is 26.5 Å². The van der Waals surface area contributed by atoms with Crippen molar-refractivity contribution in [1.82, 2.24) is 9.97 Å². The predicted octanol–water partition coefficient (Wildman–Crippen LogP) is 3.92. The standard InChI is InChI=1S/C19H21N3O2/c1-19(2,3)15-10-24-18(22-15)17-16-12(7-8-20-17)13-9-11(23-4)5-6-14(13)21-16/h5-9,15,21H,10H2,1-4H3/t15-/m1/s1. The largest absolute Gasteiger partial charge is 0.497 e. The molecule has 1 aliphatic rings. The number of hydrogen-bond donors (Lipinski definition) is 1. The molecule has 5 nitrogen and oxygen atoms in total. The van der Waals surface area contributed by atoms with Crippen LogP contribution in [-0.4, -0.2) is 35.6 Å². The summed E-state index contributed by atoms with van der Waals surface area (Å²) in [5.41, 5.74) is 2.85. The van der Waals surface area contributed by atoms with Crippen LogP contribution in [0.2, 0.25) is 0 Å². The molecule has 0 aliphatic carbocycles. The van der Waals surface area contributed by atoms with Gasteiger partial charge in [-0.25, -0.2) is 9.98 Å². The number of aromatic nitrogens is 2. The van der Waals surface area contributed by atoms with E-state index in [1.807, 2.05) is 24.3 Å². The Labute approximate surface area is 140 Å². The van der Waals surface area contributed by atoms with E-state index in [0.717, 1.165) is 33.2 Å². The summed E-state index contributed by atoms with van der Waals surface area (Å²) in [5, 5.41) is 2.21. The highest BCUT2D eigenvalue weighted by Crippen LogP contribution is 2.32. The first-order valence-electron chi connectivity index (χ1n) is 8.13. The third-order valence-corrected chi connectivity index (χ3v) is 4.58. The molecule has 4 rings (SSSR count). The maximum Gasteiger partial charge on any atom is 0.238 e. The van der Waals surface area contributed by atoms with Gasteiger partial charge in [0, 0.05) is 22.5 Å². The number of aliphatic imine (C=N–C) groups is 1. The van der Waals surface area contributed by atoms with Gasteiger partial charge in [0.2, 0.25) is 5.90 Å². The Morgan fingerprint density at radius 2 is 2.04 bits per heavy atom. The number of methoxy groups -OCH3 is 1. The Bertz CT molecular complexity index is 950. The first-order valence-corrected chi connectivity index (χ1v) is 8.13. The molecule has 0 amide bonds. The van der Waals surface area contributed by atoms with Crippen molar-refractivity contribution in [2.75, 3.05) is 13.7 Å². The summed E-state index contributed by atoms with van der Waals surface area (Å²) >= 11 is 0. The van der Waals surface area contributed by atoms with Gasteiger partial charge in [-0.2, -0.15) is 0 Å². The van der Waals surface area contributed by atoms with Gasteiger partial charge in [0.15, 0.2) is 0 Å². The molecule has 1 N–H and O–H groups in total. The Balaban J connectivity index is 1.88. The minimum Gasteiger partial charge on any atom is -0.497 e. The predicted molar refractivity (Wildman–Crippen MR) is 95.9 cm³/mol. The zero-order valence-corrected chi connectivity index (χ0v) is 14.4. The number of nitrogens with zero attached hydrogens (tertiary/aromatic N) is 2. The molecule has 0 saturated heterocycles. The van der Waals surface area contributed by atoms with Gasteiger partial charge in [-0.15, -0.1) is 0 Å². The van der Waals surface area contributed by atoms with Crippen LogP contribution in [0.25, 0.3) is 21.8 Å². The Morgan fingerprint density at radius 1 is 1.21 bits per heavy atom. The quantitative estimate of drug-likeness (QED) is 0.777. The second-order valence-corrected chi connectivity index (χ2v) is 7.25. The van der Waals surface area contributed by atoms with Crippen LogP contribution in [0.5, 0.6) is 5.75 Å². The number of fused-ring (bicyclic) bond motifs is 3. The number of nitrogens with one attached hydrogen (secondary N) is 1. The van der Waals surface area contributed by atoms with Crippen molar-refractivity contribution < 1.29 is 9.47 Å². The second-order valence-electron chi connectivity index (χ2n) is 7.25. The molecule has 0 fully saturated rings. The summed E-state index contributed by atoms with van der Waals surface area (Å²) in [6.45, 7) is 7.13. The maximum absolute atomic E-state index is 5.87. The van der Waals surface area contributed by atoms with E-state index in [4.69, 9.17) is 14.5 Å². The first kappa shape index (κ1) is 15.0. The monoisotopic (exact) mass is 323 g/mol. The average Bonchev–Trinajstić information content (AvgIpc) is 3.18. The fourth-order valence-corrected chi connectivity index (χ4v) is 3.04. The Morgan fingerprint density at radius 3 is 2.75 bits per heavy atom. The number of H-pyrrole nitrogens is 1. The van der Waals surface area contributed by atoms with E-state index >= 15 is 0 Å². The molecule has 3 aromatic rings. The topological polar surface area (TPSA) is 59.5 Å². The van der Waals surface area contributed by atoms with Gasteiger partial charge in [0.1, 0.15) is 18.1 Å². The number of rotatable bonds is 2. The average molecular weight is 323 g/mol. The number of pyridine rings is 1. The van der Waals surface area contributed by atoms with E-state index in [9.17, 15) is 0 Å². The van der Waals surface area contributed by atoms with Gasteiger partial charge in [-0.05, 0) is 29.7 Å². The van der Waals surface area contributed by atoms with Gasteiger partial charge in [-0.3, -0.25) is 0 Å². The minimum absolute atomic E-state index is 0.0729. The van der Waals surface area contributed by atoms with E-state index in [-0.39, 0.29) is 11.5 Å². The van der Waals surface area contributed by atoms with Crippen LogP contribution in [0.15, 0.2) is 35.5 Å². The van der Waals surface area contributed by atoms with Crippen molar-refractivity contribution in [3.05, 3.63) is 36.2 Å². The van der Waals surface area contributed by atoms with E-state index in [1.54, 1.807) is 13.3 Å². The minimum atomic E-state index is 0.0729. The second kappa shape index (κ2) is 5.23. The molecule has 0 radical (unpaired) electrons. The van der Waals surface area contributed by atoms with Crippen molar-refractivity contribution in [2.45, 2.75) is 26.8 Å². The van der Waals surface area contributed by atoms with Crippen molar-refractivity contribution >= 4 is 27.7 Å². The molecule has 5 heteroatoms. The number of hydrogen-bond acceptors (Lipinski definition) is 4. The van der Waals surface area contributed by atoms with E-state index < -0.39 is 0 Å². The lowest BCUT2D eigenvalue weighted by molar-refractivity contribution is 0.235. The van der Waals surface area contributed by atoms with Crippen molar-refractivity contribution in [2.24, 2.45) is 10.4 Å². The lowest BCUT2D eigenvalue weighted by Crippen LogP contribution is -2.25. The number of benzene rings is 1. The summed E-state index contributed by atoms with van der Waals surface area (Å²) in [5.74, 6) is 1.46. The van der Waals surface area contributed by atoms with Crippen molar-refractivity contribution in [1.29, 1.82) is 0 Å². The Kier molecular flexibility index (Phi) is 3.27. The molecule has 0 bridgehead atoms. The van der Waals surface area contributed by atoms with Gasteiger partial charge in [-0.1, -0.05) is 20.8 Å². The summed E-state index contributed by atoms with van der Waals surface area (Å²) in [7, 11) is 1.68. The summed E-state index contributed by atoms with van der Waals surface area (Å²) in [6, 6.07) is 8.16. The van der Waals surface area contributed by atoms with Crippen LogP contribution in [0.3, 0.4) is 0 Å². The molecule has 0 unspecified atom stereocenters. The zero-order valence-electron chi connectivity index (χ0n) is 14.4. The van der Waals surface area contributed by atoms with E-state index in [0.29, 0.717) is 12.5 Å². The fourth-order valence-electron chi connectivity index (χ4n) is 3.04. The SMILES string of the molecule is COc1ccc2[nH]c3c(C4=N[C@@H](C(C)(C)C)CO4)nccc3c2c1. The Hall–Kier alpha value is -2.56. The van der Waals surface area contributed by atoms with Crippen LogP contribution >= 0.6 is 0 Å². The molecular formula is C19H21N3O2. The smallest absolute Gasteiger partial charge is 0.238 e. The van der Waals surface area contributed by atoms with E-state index in [1.165, 1.54) is 0 Å². The third kappa shape index (κ3) is 2.31. The molecule has 124 valence electrons. The van der Waals surface area contributed by atoms with Crippen molar-refractivity contribution in [3.8, 4) is 5.75 Å².